The van der Waals surface area contributed by atoms with Crippen molar-refractivity contribution in [3.8, 4) is 5.75 Å². The standard InChI is InChI=1S/C31H24N2O4S/c1-36-22-11-7-10-21(18-22)29(34)30-28(23-12-5-6-13-26(23)37-30)32-31(35)25-19-27-24(15-17-38-27)33(25)16-14-20-8-3-2-4-9-20/h2-13,15,17-19H,14,16H2,1H3,(H,32,35). The molecule has 0 bridgehead atoms. The molecular formula is C31H24N2O4S. The zero-order valence-electron chi connectivity index (χ0n) is 20.6. The van der Waals surface area contributed by atoms with Gasteiger partial charge in [-0.3, -0.25) is 9.59 Å². The van der Waals surface area contributed by atoms with E-state index in [2.05, 4.69) is 17.4 Å². The SMILES string of the molecule is COc1cccc(C(=O)c2oc3ccccc3c2NC(=O)c2cc3sccc3n2CCc2ccccc2)c1. The molecule has 0 unspecified atom stereocenters. The second-order valence-corrected chi connectivity index (χ2v) is 9.85. The number of carbonyl (C=O) groups excluding carboxylic acids is 2. The number of aryl methyl sites for hydroxylation is 2. The molecule has 3 heterocycles. The molecule has 0 saturated heterocycles. The van der Waals surface area contributed by atoms with Crippen LogP contribution in [0.15, 0.2) is 101 Å². The van der Waals surface area contributed by atoms with Crippen molar-refractivity contribution in [2.45, 2.75) is 13.0 Å². The van der Waals surface area contributed by atoms with E-state index in [-0.39, 0.29) is 17.5 Å². The zero-order valence-corrected chi connectivity index (χ0v) is 21.5. The average molecular weight is 521 g/mol. The Kier molecular flexibility index (Phi) is 6.27. The number of hydrogen-bond donors (Lipinski definition) is 1. The van der Waals surface area contributed by atoms with Crippen LogP contribution < -0.4 is 10.1 Å². The Morgan fingerprint density at radius 1 is 0.947 bits per heavy atom. The lowest BCUT2D eigenvalue weighted by Gasteiger charge is -2.11. The van der Waals surface area contributed by atoms with Crippen molar-refractivity contribution < 1.29 is 18.7 Å². The summed E-state index contributed by atoms with van der Waals surface area (Å²) in [5.41, 5.74) is 4.04. The Morgan fingerprint density at radius 3 is 2.61 bits per heavy atom. The summed E-state index contributed by atoms with van der Waals surface area (Å²) in [6.45, 7) is 0.648. The number of benzene rings is 3. The second-order valence-electron chi connectivity index (χ2n) is 8.90. The molecule has 6 rings (SSSR count). The van der Waals surface area contributed by atoms with Crippen molar-refractivity contribution in [2.75, 3.05) is 12.4 Å². The number of carbonyl (C=O) groups is 2. The average Bonchev–Trinajstić information content (AvgIpc) is 3.66. The van der Waals surface area contributed by atoms with Crippen LogP contribution in [0.25, 0.3) is 21.2 Å². The Bertz CT molecular complexity index is 1780. The van der Waals surface area contributed by atoms with Crippen molar-refractivity contribution in [3.63, 3.8) is 0 Å². The topological polar surface area (TPSA) is 73.5 Å². The van der Waals surface area contributed by atoms with Crippen molar-refractivity contribution in [3.05, 3.63) is 119 Å². The summed E-state index contributed by atoms with van der Waals surface area (Å²) in [7, 11) is 1.55. The van der Waals surface area contributed by atoms with Gasteiger partial charge in [0.1, 0.15) is 17.0 Å². The van der Waals surface area contributed by atoms with Crippen molar-refractivity contribution in [1.29, 1.82) is 0 Å². The molecule has 0 saturated carbocycles. The molecule has 3 aromatic heterocycles. The van der Waals surface area contributed by atoms with E-state index < -0.39 is 0 Å². The third-order valence-corrected chi connectivity index (χ3v) is 7.45. The predicted molar refractivity (Wildman–Crippen MR) is 151 cm³/mol. The highest BCUT2D eigenvalue weighted by Gasteiger charge is 2.25. The van der Waals surface area contributed by atoms with Gasteiger partial charge in [-0.25, -0.2) is 0 Å². The summed E-state index contributed by atoms with van der Waals surface area (Å²) in [6.07, 6.45) is 0.787. The van der Waals surface area contributed by atoms with Crippen LogP contribution in [-0.2, 0) is 13.0 Å². The number of methoxy groups -OCH3 is 1. The lowest BCUT2D eigenvalue weighted by Crippen LogP contribution is -2.19. The second kappa shape index (κ2) is 10.0. The Morgan fingerprint density at radius 2 is 1.76 bits per heavy atom. The van der Waals surface area contributed by atoms with Crippen molar-refractivity contribution in [1.82, 2.24) is 4.57 Å². The Labute approximate surface area is 223 Å². The number of nitrogens with one attached hydrogen (secondary N) is 1. The third kappa shape index (κ3) is 4.37. The fourth-order valence-corrected chi connectivity index (χ4v) is 5.52. The van der Waals surface area contributed by atoms with E-state index in [0.29, 0.717) is 40.2 Å². The van der Waals surface area contributed by atoms with Gasteiger partial charge in [0.25, 0.3) is 5.91 Å². The van der Waals surface area contributed by atoms with E-state index in [1.807, 2.05) is 58.5 Å². The molecule has 6 aromatic rings. The first-order valence-corrected chi connectivity index (χ1v) is 13.1. The lowest BCUT2D eigenvalue weighted by molar-refractivity contribution is 0.101. The van der Waals surface area contributed by atoms with E-state index in [9.17, 15) is 9.59 Å². The van der Waals surface area contributed by atoms with Crippen LogP contribution in [0.4, 0.5) is 5.69 Å². The highest BCUT2D eigenvalue weighted by molar-refractivity contribution is 7.17. The number of hydrogen-bond acceptors (Lipinski definition) is 5. The van der Waals surface area contributed by atoms with Crippen LogP contribution in [0, 0.1) is 0 Å². The quantitative estimate of drug-likeness (QED) is 0.216. The monoisotopic (exact) mass is 520 g/mol. The van der Waals surface area contributed by atoms with Gasteiger partial charge < -0.3 is 19.0 Å². The number of thiophene rings is 1. The first-order chi connectivity index (χ1) is 18.6. The number of furan rings is 1. The maximum Gasteiger partial charge on any atom is 0.272 e. The van der Waals surface area contributed by atoms with Crippen molar-refractivity contribution >= 4 is 49.9 Å². The van der Waals surface area contributed by atoms with Crippen LogP contribution in [0.1, 0.15) is 32.2 Å². The van der Waals surface area contributed by atoms with Gasteiger partial charge in [-0.2, -0.15) is 0 Å². The summed E-state index contributed by atoms with van der Waals surface area (Å²) in [5, 5.41) is 5.71. The maximum atomic E-state index is 13.8. The van der Waals surface area contributed by atoms with E-state index in [0.717, 1.165) is 16.6 Å². The van der Waals surface area contributed by atoms with Crippen LogP contribution in [-0.4, -0.2) is 23.4 Å². The molecular weight excluding hydrogens is 496 g/mol. The van der Waals surface area contributed by atoms with Crippen LogP contribution >= 0.6 is 11.3 Å². The highest BCUT2D eigenvalue weighted by atomic mass is 32.1. The molecule has 0 spiro atoms. The molecule has 1 N–H and O–H groups in total. The van der Waals surface area contributed by atoms with E-state index in [4.69, 9.17) is 9.15 Å². The summed E-state index contributed by atoms with van der Waals surface area (Å²) >= 11 is 1.60. The molecule has 0 aliphatic carbocycles. The number of nitrogens with zero attached hydrogens (tertiary/aromatic N) is 1. The third-order valence-electron chi connectivity index (χ3n) is 6.59. The fraction of sp³-hybridized carbons (Fsp3) is 0.0968. The van der Waals surface area contributed by atoms with Gasteiger partial charge in [-0.05, 0) is 53.8 Å². The summed E-state index contributed by atoms with van der Waals surface area (Å²) in [4.78, 5) is 27.3. The number of amides is 1. The minimum Gasteiger partial charge on any atom is -0.497 e. The number of fused-ring (bicyclic) bond motifs is 2. The molecule has 6 nitrogen and oxygen atoms in total. The van der Waals surface area contributed by atoms with Gasteiger partial charge in [0.2, 0.25) is 5.78 Å². The fourth-order valence-electron chi connectivity index (χ4n) is 4.69. The minimum absolute atomic E-state index is 0.0806. The lowest BCUT2D eigenvalue weighted by atomic mass is 10.1. The summed E-state index contributed by atoms with van der Waals surface area (Å²) in [5.74, 6) is 0.00872. The molecule has 0 fully saturated rings. The number of aromatic nitrogens is 1. The number of ether oxygens (including phenoxy) is 1. The number of anilines is 1. The maximum absolute atomic E-state index is 13.8. The van der Waals surface area contributed by atoms with E-state index in [1.165, 1.54) is 5.56 Å². The van der Waals surface area contributed by atoms with Crippen LogP contribution in [0.3, 0.4) is 0 Å². The zero-order chi connectivity index (χ0) is 26.1. The molecule has 3 aromatic carbocycles. The van der Waals surface area contributed by atoms with Gasteiger partial charge in [-0.1, -0.05) is 54.6 Å². The van der Waals surface area contributed by atoms with Gasteiger partial charge >= 0.3 is 0 Å². The molecule has 0 aliphatic rings. The van der Waals surface area contributed by atoms with E-state index in [1.54, 1.807) is 48.8 Å². The van der Waals surface area contributed by atoms with Crippen molar-refractivity contribution in [2.24, 2.45) is 0 Å². The number of para-hydroxylation sites is 1. The number of ketones is 1. The molecule has 188 valence electrons. The Balaban J connectivity index is 1.37. The first kappa shape index (κ1) is 23.8. The van der Waals surface area contributed by atoms with Gasteiger partial charge in [-0.15, -0.1) is 11.3 Å². The number of rotatable bonds is 8. The highest BCUT2D eigenvalue weighted by Crippen LogP contribution is 2.34. The van der Waals surface area contributed by atoms with Gasteiger partial charge in [0.15, 0.2) is 5.76 Å². The van der Waals surface area contributed by atoms with Gasteiger partial charge in [0.05, 0.1) is 23.0 Å². The van der Waals surface area contributed by atoms with E-state index >= 15 is 0 Å². The molecule has 0 radical (unpaired) electrons. The predicted octanol–water partition coefficient (Wildman–Crippen LogP) is 7.18. The Hall–Kier alpha value is -4.62. The summed E-state index contributed by atoms with van der Waals surface area (Å²) < 4.78 is 14.4. The molecule has 1 amide bonds. The largest absolute Gasteiger partial charge is 0.497 e. The smallest absolute Gasteiger partial charge is 0.272 e. The molecule has 0 atom stereocenters. The van der Waals surface area contributed by atoms with Crippen LogP contribution in [0.2, 0.25) is 0 Å². The summed E-state index contributed by atoms with van der Waals surface area (Å²) in [6, 6.07) is 28.3. The van der Waals surface area contributed by atoms with Gasteiger partial charge in [0, 0.05) is 17.5 Å². The molecule has 7 heteroatoms. The normalized spacial score (nSPS) is 11.2. The molecule has 0 aliphatic heterocycles. The minimum atomic E-state index is -0.337. The first-order valence-electron chi connectivity index (χ1n) is 12.2. The molecule has 38 heavy (non-hydrogen) atoms. The van der Waals surface area contributed by atoms with Crippen LogP contribution in [0.5, 0.6) is 5.75 Å².